The number of aromatic nitrogens is 2. The third-order valence-corrected chi connectivity index (χ3v) is 3.94. The van der Waals surface area contributed by atoms with Crippen molar-refractivity contribution < 1.29 is 9.47 Å². The number of anilines is 1. The fraction of sp³-hybridized carbons (Fsp3) is 0.400. The van der Waals surface area contributed by atoms with E-state index in [4.69, 9.17) is 26.8 Å². The first-order valence-electron chi connectivity index (χ1n) is 6.97. The molecule has 0 saturated carbocycles. The Hall–Kier alpha value is -1.72. The van der Waals surface area contributed by atoms with Gasteiger partial charge in [0.05, 0.1) is 17.8 Å². The van der Waals surface area contributed by atoms with Crippen LogP contribution in [-0.2, 0) is 11.8 Å². The van der Waals surface area contributed by atoms with E-state index in [9.17, 15) is 0 Å². The number of halogens is 1. The van der Waals surface area contributed by atoms with Gasteiger partial charge >= 0.3 is 0 Å². The third kappa shape index (κ3) is 2.99. The number of nitrogen functional groups attached to an aromatic ring is 1. The van der Waals surface area contributed by atoms with Gasteiger partial charge in [-0.2, -0.15) is 5.10 Å². The lowest BCUT2D eigenvalue weighted by Crippen LogP contribution is -2.28. The fourth-order valence-corrected chi connectivity index (χ4v) is 2.64. The van der Waals surface area contributed by atoms with Crippen LogP contribution in [0.3, 0.4) is 0 Å². The van der Waals surface area contributed by atoms with Crippen molar-refractivity contribution >= 4 is 17.4 Å². The molecule has 112 valence electrons. The van der Waals surface area contributed by atoms with E-state index in [2.05, 4.69) is 5.10 Å². The number of ether oxygens (including phenoxy) is 2. The molecule has 2 N–H and O–H groups in total. The Morgan fingerprint density at radius 1 is 1.48 bits per heavy atom. The molecule has 6 heteroatoms. The van der Waals surface area contributed by atoms with Gasteiger partial charge < -0.3 is 15.2 Å². The van der Waals surface area contributed by atoms with Crippen LogP contribution >= 0.6 is 11.6 Å². The van der Waals surface area contributed by atoms with Crippen molar-refractivity contribution in [3.63, 3.8) is 0 Å². The molecular weight excluding hydrogens is 290 g/mol. The number of nitrogens with zero attached hydrogens (tertiary/aromatic N) is 2. The standard InChI is InChI=1S/C15H18ClN3O2/c1-19-15(17)12(8-18-19)10-4-5-14(13(16)7-10)21-11-3-2-6-20-9-11/h4-5,7-8,11H,2-3,6,9,17H2,1H3. The Balaban J connectivity index is 1.81. The van der Waals surface area contributed by atoms with E-state index in [-0.39, 0.29) is 6.10 Å². The van der Waals surface area contributed by atoms with E-state index in [1.54, 1.807) is 17.9 Å². The molecule has 2 heterocycles. The van der Waals surface area contributed by atoms with Crippen molar-refractivity contribution in [2.45, 2.75) is 18.9 Å². The van der Waals surface area contributed by atoms with E-state index in [0.717, 1.165) is 30.6 Å². The van der Waals surface area contributed by atoms with E-state index < -0.39 is 0 Å². The first-order chi connectivity index (χ1) is 10.1. The highest BCUT2D eigenvalue weighted by Gasteiger charge is 2.17. The maximum atomic E-state index is 6.32. The van der Waals surface area contributed by atoms with Gasteiger partial charge in [-0.1, -0.05) is 17.7 Å². The molecule has 1 aromatic heterocycles. The Kier molecular flexibility index (Phi) is 4.03. The summed E-state index contributed by atoms with van der Waals surface area (Å²) < 4.78 is 12.9. The summed E-state index contributed by atoms with van der Waals surface area (Å²) in [4.78, 5) is 0. The maximum Gasteiger partial charge on any atom is 0.138 e. The van der Waals surface area contributed by atoms with Crippen molar-refractivity contribution in [2.24, 2.45) is 7.05 Å². The van der Waals surface area contributed by atoms with Crippen LogP contribution in [0, 0.1) is 0 Å². The average molecular weight is 308 g/mol. The molecule has 0 bridgehead atoms. The lowest BCUT2D eigenvalue weighted by atomic mass is 10.1. The van der Waals surface area contributed by atoms with E-state index >= 15 is 0 Å². The quantitative estimate of drug-likeness (QED) is 0.947. The van der Waals surface area contributed by atoms with Gasteiger partial charge in [0, 0.05) is 19.2 Å². The fourth-order valence-electron chi connectivity index (χ4n) is 2.42. The molecule has 0 amide bonds. The van der Waals surface area contributed by atoms with Crippen molar-refractivity contribution in [1.29, 1.82) is 0 Å². The first-order valence-corrected chi connectivity index (χ1v) is 7.35. The molecule has 1 unspecified atom stereocenters. The zero-order chi connectivity index (χ0) is 14.8. The Labute approximate surface area is 128 Å². The molecule has 1 atom stereocenters. The van der Waals surface area contributed by atoms with Gasteiger partial charge in [0.25, 0.3) is 0 Å². The second-order valence-corrected chi connectivity index (χ2v) is 5.58. The first kappa shape index (κ1) is 14.2. The molecule has 1 aliphatic heterocycles. The zero-order valence-corrected chi connectivity index (χ0v) is 12.6. The van der Waals surface area contributed by atoms with Crippen molar-refractivity contribution in [2.75, 3.05) is 18.9 Å². The largest absolute Gasteiger partial charge is 0.486 e. The van der Waals surface area contributed by atoms with Gasteiger partial charge in [0.1, 0.15) is 17.7 Å². The second-order valence-electron chi connectivity index (χ2n) is 5.17. The summed E-state index contributed by atoms with van der Waals surface area (Å²) in [6, 6.07) is 5.67. The summed E-state index contributed by atoms with van der Waals surface area (Å²) in [7, 11) is 1.81. The summed E-state index contributed by atoms with van der Waals surface area (Å²) in [5.74, 6) is 1.29. The van der Waals surface area contributed by atoms with Crippen LogP contribution in [0.15, 0.2) is 24.4 Å². The minimum absolute atomic E-state index is 0.0746. The summed E-state index contributed by atoms with van der Waals surface area (Å²) in [6.45, 7) is 1.43. The van der Waals surface area contributed by atoms with E-state index in [1.165, 1.54) is 0 Å². The monoisotopic (exact) mass is 307 g/mol. The molecule has 0 spiro atoms. The normalized spacial score (nSPS) is 18.7. The molecule has 3 rings (SSSR count). The lowest BCUT2D eigenvalue weighted by Gasteiger charge is -2.23. The second kappa shape index (κ2) is 5.95. The van der Waals surface area contributed by atoms with Gasteiger partial charge in [-0.05, 0) is 30.5 Å². The Morgan fingerprint density at radius 2 is 2.33 bits per heavy atom. The van der Waals surface area contributed by atoms with Gasteiger partial charge in [-0.3, -0.25) is 4.68 Å². The van der Waals surface area contributed by atoms with Crippen LogP contribution in [0.25, 0.3) is 11.1 Å². The number of aryl methyl sites for hydroxylation is 1. The molecule has 1 saturated heterocycles. The number of benzene rings is 1. The molecule has 0 aliphatic carbocycles. The van der Waals surface area contributed by atoms with Gasteiger partial charge in [0.15, 0.2) is 0 Å². The highest BCUT2D eigenvalue weighted by Crippen LogP contribution is 2.33. The van der Waals surface area contributed by atoms with Crippen LogP contribution in [0.1, 0.15) is 12.8 Å². The molecule has 1 fully saturated rings. The third-order valence-electron chi connectivity index (χ3n) is 3.64. The van der Waals surface area contributed by atoms with E-state index in [0.29, 0.717) is 23.2 Å². The van der Waals surface area contributed by atoms with Gasteiger partial charge in [-0.25, -0.2) is 0 Å². The van der Waals surface area contributed by atoms with Gasteiger partial charge in [-0.15, -0.1) is 0 Å². The SMILES string of the molecule is Cn1ncc(-c2ccc(OC3CCCOC3)c(Cl)c2)c1N. The summed E-state index contributed by atoms with van der Waals surface area (Å²) in [5.41, 5.74) is 7.78. The minimum atomic E-state index is 0.0746. The summed E-state index contributed by atoms with van der Waals surface area (Å²) >= 11 is 6.32. The van der Waals surface area contributed by atoms with Crippen LogP contribution in [-0.4, -0.2) is 29.1 Å². The number of hydrogen-bond acceptors (Lipinski definition) is 4. The van der Waals surface area contributed by atoms with Crippen molar-refractivity contribution in [3.8, 4) is 16.9 Å². The molecule has 0 radical (unpaired) electrons. The molecule has 2 aromatic rings. The Morgan fingerprint density at radius 3 is 2.95 bits per heavy atom. The minimum Gasteiger partial charge on any atom is -0.486 e. The Bertz CT molecular complexity index is 636. The van der Waals surface area contributed by atoms with Crippen LogP contribution in [0.5, 0.6) is 5.75 Å². The maximum absolute atomic E-state index is 6.32. The summed E-state index contributed by atoms with van der Waals surface area (Å²) in [5, 5.41) is 4.71. The van der Waals surface area contributed by atoms with Crippen LogP contribution < -0.4 is 10.5 Å². The average Bonchev–Trinajstić information content (AvgIpc) is 2.82. The predicted octanol–water partition coefficient (Wildman–Crippen LogP) is 2.88. The van der Waals surface area contributed by atoms with Crippen LogP contribution in [0.4, 0.5) is 5.82 Å². The highest BCUT2D eigenvalue weighted by molar-refractivity contribution is 6.32. The number of nitrogens with two attached hydrogens (primary N) is 1. The van der Waals surface area contributed by atoms with Crippen molar-refractivity contribution in [1.82, 2.24) is 9.78 Å². The smallest absolute Gasteiger partial charge is 0.138 e. The van der Waals surface area contributed by atoms with Crippen molar-refractivity contribution in [3.05, 3.63) is 29.4 Å². The molecule has 21 heavy (non-hydrogen) atoms. The lowest BCUT2D eigenvalue weighted by molar-refractivity contribution is 0.00748. The highest BCUT2D eigenvalue weighted by atomic mass is 35.5. The molecule has 1 aromatic carbocycles. The number of rotatable bonds is 3. The number of hydrogen-bond donors (Lipinski definition) is 1. The van der Waals surface area contributed by atoms with Crippen LogP contribution in [0.2, 0.25) is 5.02 Å². The zero-order valence-electron chi connectivity index (χ0n) is 11.9. The predicted molar refractivity (Wildman–Crippen MR) is 82.5 cm³/mol. The topological polar surface area (TPSA) is 62.3 Å². The molecule has 1 aliphatic rings. The summed E-state index contributed by atoms with van der Waals surface area (Å²) in [6.07, 6.45) is 3.82. The van der Waals surface area contributed by atoms with Gasteiger partial charge in [0.2, 0.25) is 0 Å². The molecule has 5 nitrogen and oxygen atoms in total. The molecular formula is C15H18ClN3O2. The van der Waals surface area contributed by atoms with E-state index in [1.807, 2.05) is 18.2 Å².